The Balaban J connectivity index is 2.11. The Hall–Kier alpha value is -0.340. The Labute approximate surface area is 190 Å². The normalized spacial score (nSPS) is 17.5. The van der Waals surface area contributed by atoms with E-state index in [9.17, 15) is 0 Å². The van der Waals surface area contributed by atoms with Crippen molar-refractivity contribution in [1.29, 1.82) is 0 Å². The molecule has 1 aliphatic rings. The summed E-state index contributed by atoms with van der Waals surface area (Å²) in [6, 6.07) is 5.28. The molecule has 2 heteroatoms. The van der Waals surface area contributed by atoms with Crippen molar-refractivity contribution in [2.45, 2.75) is 117 Å². The maximum absolute atomic E-state index is 3.84. The van der Waals surface area contributed by atoms with Crippen LogP contribution in [0.15, 0.2) is 16.6 Å². The molecule has 1 nitrogen and oxygen atoms in total. The van der Waals surface area contributed by atoms with E-state index in [4.69, 9.17) is 0 Å². The number of nitrogens with zero attached hydrogens (tertiary/aromatic N) is 1. The second-order valence-corrected chi connectivity index (χ2v) is 10.7. The smallest absolute Gasteiger partial charge is 0.0210 e. The number of aryl methyl sites for hydroxylation is 1. The Bertz CT molecular complexity index is 621. The lowest BCUT2D eigenvalue weighted by Gasteiger charge is -2.37. The quantitative estimate of drug-likeness (QED) is 0.250. The van der Waals surface area contributed by atoms with Crippen LogP contribution < -0.4 is 0 Å². The van der Waals surface area contributed by atoms with E-state index in [0.29, 0.717) is 0 Å². The molecule has 0 saturated heterocycles. The Morgan fingerprint density at radius 2 is 1.86 bits per heavy atom. The van der Waals surface area contributed by atoms with Crippen molar-refractivity contribution < 1.29 is 0 Å². The first kappa shape index (κ1) is 24.9. The molecule has 0 amide bonds. The highest BCUT2D eigenvalue weighted by molar-refractivity contribution is 9.10. The summed E-state index contributed by atoms with van der Waals surface area (Å²) < 4.78 is 1.29. The van der Waals surface area contributed by atoms with E-state index < -0.39 is 0 Å². The lowest BCUT2D eigenvalue weighted by atomic mass is 9.72. The van der Waals surface area contributed by atoms with Crippen LogP contribution >= 0.6 is 15.9 Å². The van der Waals surface area contributed by atoms with Crippen LogP contribution in [-0.4, -0.2) is 24.0 Å². The van der Waals surface area contributed by atoms with E-state index in [1.807, 2.05) is 0 Å². The summed E-state index contributed by atoms with van der Waals surface area (Å²) in [6.07, 6.45) is 13.4. The van der Waals surface area contributed by atoms with Crippen LogP contribution in [0.4, 0.5) is 0 Å². The molecule has 1 aromatic rings. The van der Waals surface area contributed by atoms with Gasteiger partial charge in [0, 0.05) is 17.1 Å². The summed E-state index contributed by atoms with van der Waals surface area (Å²) in [5.74, 6) is 0.972. The summed E-state index contributed by atoms with van der Waals surface area (Å²) in [4.78, 5) is 2.84. The second-order valence-electron chi connectivity index (χ2n) is 9.87. The second kappa shape index (κ2) is 11.9. The predicted octanol–water partition coefficient (Wildman–Crippen LogP) is 8.45. The topological polar surface area (TPSA) is 3.24 Å². The molecule has 0 aromatic heterocycles. The van der Waals surface area contributed by atoms with E-state index in [-0.39, 0.29) is 5.41 Å². The highest BCUT2D eigenvalue weighted by atomic mass is 79.9. The molecule has 2 unspecified atom stereocenters. The van der Waals surface area contributed by atoms with Crippen LogP contribution in [0.25, 0.3) is 0 Å². The fourth-order valence-corrected chi connectivity index (χ4v) is 5.58. The number of benzene rings is 1. The average Bonchev–Trinajstić information content (AvgIpc) is 3.53. The Kier molecular flexibility index (Phi) is 10.2. The standard InChI is InChI=1S/C27H46BrN/c1-7-10-11-12-13-22(5)29(20-23-15-16-23)19-18-27(6,9-3)26-21(4)14-17-25(28)24(26)8-2/h14,17,22-23H,7-13,15-16,18-20H2,1-6H3. The molecule has 1 aromatic carbocycles. The van der Waals surface area contributed by atoms with Gasteiger partial charge in [-0.2, -0.15) is 0 Å². The number of rotatable bonds is 14. The molecule has 166 valence electrons. The molecular weight excluding hydrogens is 418 g/mol. The van der Waals surface area contributed by atoms with Crippen molar-refractivity contribution >= 4 is 15.9 Å². The number of hydrogen-bond acceptors (Lipinski definition) is 1. The molecule has 0 spiro atoms. The van der Waals surface area contributed by atoms with Crippen LogP contribution in [0.5, 0.6) is 0 Å². The van der Waals surface area contributed by atoms with Gasteiger partial charge in [0.1, 0.15) is 0 Å². The summed E-state index contributed by atoms with van der Waals surface area (Å²) in [7, 11) is 0. The molecule has 2 atom stereocenters. The zero-order valence-electron chi connectivity index (χ0n) is 20.1. The predicted molar refractivity (Wildman–Crippen MR) is 133 cm³/mol. The maximum atomic E-state index is 3.84. The summed E-state index contributed by atoms with van der Waals surface area (Å²) in [6.45, 7) is 16.9. The molecule has 2 rings (SSSR count). The molecule has 1 fully saturated rings. The molecule has 1 saturated carbocycles. The summed E-state index contributed by atoms with van der Waals surface area (Å²) in [5.41, 5.74) is 4.86. The summed E-state index contributed by atoms with van der Waals surface area (Å²) in [5, 5.41) is 0. The number of halogens is 1. The SMILES string of the molecule is CCCCCCC(C)N(CCC(C)(CC)c1c(C)ccc(Br)c1CC)CC1CC1. The number of hydrogen-bond donors (Lipinski definition) is 0. The van der Waals surface area contributed by atoms with Gasteiger partial charge in [-0.15, -0.1) is 0 Å². The van der Waals surface area contributed by atoms with Crippen LogP contribution in [0.1, 0.15) is 109 Å². The molecule has 1 aliphatic carbocycles. The van der Waals surface area contributed by atoms with Gasteiger partial charge in [0.05, 0.1) is 0 Å². The first-order chi connectivity index (χ1) is 13.9. The zero-order chi connectivity index (χ0) is 21.4. The van der Waals surface area contributed by atoms with E-state index in [2.05, 4.69) is 74.5 Å². The van der Waals surface area contributed by atoms with Gasteiger partial charge in [-0.3, -0.25) is 0 Å². The van der Waals surface area contributed by atoms with Crippen molar-refractivity contribution in [2.75, 3.05) is 13.1 Å². The fourth-order valence-electron chi connectivity index (χ4n) is 4.97. The molecule has 0 radical (unpaired) electrons. The Morgan fingerprint density at radius 3 is 2.45 bits per heavy atom. The van der Waals surface area contributed by atoms with Crippen LogP contribution in [0.2, 0.25) is 0 Å². The van der Waals surface area contributed by atoms with E-state index >= 15 is 0 Å². The van der Waals surface area contributed by atoms with Gasteiger partial charge >= 0.3 is 0 Å². The maximum Gasteiger partial charge on any atom is 0.0210 e. The highest BCUT2D eigenvalue weighted by Gasteiger charge is 2.32. The first-order valence-corrected chi connectivity index (χ1v) is 13.2. The van der Waals surface area contributed by atoms with Crippen LogP contribution in [0, 0.1) is 12.8 Å². The number of unbranched alkanes of at least 4 members (excludes halogenated alkanes) is 3. The van der Waals surface area contributed by atoms with Gasteiger partial charge in [0.2, 0.25) is 0 Å². The van der Waals surface area contributed by atoms with Gasteiger partial charge < -0.3 is 4.90 Å². The van der Waals surface area contributed by atoms with Gasteiger partial charge in [0.25, 0.3) is 0 Å². The lowest BCUT2D eigenvalue weighted by molar-refractivity contribution is 0.169. The Morgan fingerprint density at radius 1 is 1.14 bits per heavy atom. The lowest BCUT2D eigenvalue weighted by Crippen LogP contribution is -2.39. The minimum absolute atomic E-state index is 0.253. The van der Waals surface area contributed by atoms with Gasteiger partial charge in [0.15, 0.2) is 0 Å². The fraction of sp³-hybridized carbons (Fsp3) is 0.778. The molecule has 0 N–H and O–H groups in total. The van der Waals surface area contributed by atoms with Crippen molar-refractivity contribution in [2.24, 2.45) is 5.92 Å². The van der Waals surface area contributed by atoms with Crippen LogP contribution in [-0.2, 0) is 11.8 Å². The average molecular weight is 465 g/mol. The van der Waals surface area contributed by atoms with E-state index in [1.54, 1.807) is 5.56 Å². The highest BCUT2D eigenvalue weighted by Crippen LogP contribution is 2.40. The van der Waals surface area contributed by atoms with Gasteiger partial charge in [-0.25, -0.2) is 0 Å². The van der Waals surface area contributed by atoms with E-state index in [0.717, 1.165) is 18.4 Å². The largest absolute Gasteiger partial charge is 0.300 e. The monoisotopic (exact) mass is 463 g/mol. The molecule has 0 bridgehead atoms. The van der Waals surface area contributed by atoms with E-state index in [1.165, 1.54) is 86.5 Å². The minimum Gasteiger partial charge on any atom is -0.300 e. The minimum atomic E-state index is 0.253. The van der Waals surface area contributed by atoms with Crippen molar-refractivity contribution in [3.05, 3.63) is 33.3 Å². The van der Waals surface area contributed by atoms with Crippen molar-refractivity contribution in [3.63, 3.8) is 0 Å². The summed E-state index contributed by atoms with van der Waals surface area (Å²) >= 11 is 3.84. The third kappa shape index (κ3) is 7.10. The first-order valence-electron chi connectivity index (χ1n) is 12.4. The zero-order valence-corrected chi connectivity index (χ0v) is 21.7. The molecule has 0 aliphatic heterocycles. The third-order valence-electron chi connectivity index (χ3n) is 7.44. The molecule has 29 heavy (non-hydrogen) atoms. The van der Waals surface area contributed by atoms with Gasteiger partial charge in [-0.1, -0.05) is 75.4 Å². The van der Waals surface area contributed by atoms with Crippen molar-refractivity contribution in [1.82, 2.24) is 4.90 Å². The third-order valence-corrected chi connectivity index (χ3v) is 8.18. The van der Waals surface area contributed by atoms with Crippen LogP contribution in [0.3, 0.4) is 0 Å². The van der Waals surface area contributed by atoms with Crippen molar-refractivity contribution in [3.8, 4) is 0 Å². The van der Waals surface area contributed by atoms with Gasteiger partial charge in [-0.05, 0) is 93.0 Å². The molecular formula is C27H46BrN. The molecule has 0 heterocycles.